The third kappa shape index (κ3) is 3.68. The molecule has 0 aliphatic heterocycles. The molecular weight excluding hydrogens is 232 g/mol. The van der Waals surface area contributed by atoms with E-state index in [4.69, 9.17) is 17.3 Å². The Hall–Kier alpha value is -1.67. The molecule has 0 bridgehead atoms. The zero-order valence-corrected chi connectivity index (χ0v) is 10.2. The second kappa shape index (κ2) is 5.60. The van der Waals surface area contributed by atoms with Gasteiger partial charge in [0.1, 0.15) is 0 Å². The van der Waals surface area contributed by atoms with Crippen molar-refractivity contribution in [3.05, 3.63) is 59.1 Å². The van der Waals surface area contributed by atoms with Gasteiger partial charge in [-0.3, -0.25) is 0 Å². The smallest absolute Gasteiger partial charge is 0.0406 e. The molecule has 2 aromatic carbocycles. The lowest BCUT2D eigenvalue weighted by Gasteiger charge is -2.07. The molecule has 0 heterocycles. The van der Waals surface area contributed by atoms with E-state index in [-0.39, 0.29) is 0 Å². The summed E-state index contributed by atoms with van der Waals surface area (Å²) in [7, 11) is 0. The molecule has 0 aliphatic carbocycles. The van der Waals surface area contributed by atoms with Crippen LogP contribution in [0.1, 0.15) is 5.56 Å². The maximum atomic E-state index is 5.83. The van der Waals surface area contributed by atoms with E-state index in [0.29, 0.717) is 0 Å². The van der Waals surface area contributed by atoms with E-state index in [0.717, 1.165) is 29.4 Å². The Bertz CT molecular complexity index is 480. The zero-order valence-electron chi connectivity index (χ0n) is 9.49. The lowest BCUT2D eigenvalue weighted by Crippen LogP contribution is -2.04. The summed E-state index contributed by atoms with van der Waals surface area (Å²) in [5, 5.41) is 4.11. The van der Waals surface area contributed by atoms with Gasteiger partial charge in [0, 0.05) is 22.9 Å². The molecule has 3 N–H and O–H groups in total. The minimum atomic E-state index is 0.776. The van der Waals surface area contributed by atoms with Crippen molar-refractivity contribution in [1.29, 1.82) is 0 Å². The highest BCUT2D eigenvalue weighted by atomic mass is 35.5. The van der Waals surface area contributed by atoms with Crippen LogP contribution in [0.3, 0.4) is 0 Å². The minimum Gasteiger partial charge on any atom is -0.399 e. The SMILES string of the molecule is Nc1cccc(NCCc2ccc(Cl)cc2)c1. The molecule has 17 heavy (non-hydrogen) atoms. The first kappa shape index (κ1) is 11.8. The van der Waals surface area contributed by atoms with E-state index < -0.39 is 0 Å². The van der Waals surface area contributed by atoms with Crippen molar-refractivity contribution in [2.45, 2.75) is 6.42 Å². The summed E-state index contributed by atoms with van der Waals surface area (Å²) in [5.74, 6) is 0. The van der Waals surface area contributed by atoms with Gasteiger partial charge < -0.3 is 11.1 Å². The predicted octanol–water partition coefficient (Wildman–Crippen LogP) is 3.58. The summed E-state index contributed by atoms with van der Waals surface area (Å²) >= 11 is 5.83. The van der Waals surface area contributed by atoms with E-state index in [1.54, 1.807) is 0 Å². The van der Waals surface area contributed by atoms with Crippen LogP contribution < -0.4 is 11.1 Å². The number of nitrogens with two attached hydrogens (primary N) is 1. The molecule has 2 rings (SSSR count). The molecule has 0 aliphatic rings. The van der Waals surface area contributed by atoms with Crippen molar-refractivity contribution in [3.8, 4) is 0 Å². The fourth-order valence-electron chi connectivity index (χ4n) is 1.65. The second-order valence-corrected chi connectivity index (χ2v) is 4.37. The number of anilines is 2. The van der Waals surface area contributed by atoms with Crippen molar-refractivity contribution >= 4 is 23.0 Å². The van der Waals surface area contributed by atoms with Gasteiger partial charge >= 0.3 is 0 Å². The van der Waals surface area contributed by atoms with Crippen LogP contribution in [0.4, 0.5) is 11.4 Å². The van der Waals surface area contributed by atoms with Crippen molar-refractivity contribution in [3.63, 3.8) is 0 Å². The standard InChI is InChI=1S/C14H15ClN2/c15-12-6-4-11(5-7-12)8-9-17-14-3-1-2-13(16)10-14/h1-7,10,17H,8-9,16H2. The molecular formula is C14H15ClN2. The second-order valence-electron chi connectivity index (χ2n) is 3.93. The van der Waals surface area contributed by atoms with E-state index in [1.807, 2.05) is 48.5 Å². The molecule has 0 amide bonds. The lowest BCUT2D eigenvalue weighted by atomic mass is 10.1. The topological polar surface area (TPSA) is 38.0 Å². The highest BCUT2D eigenvalue weighted by Gasteiger charge is 1.95. The van der Waals surface area contributed by atoms with Gasteiger partial charge in [0.2, 0.25) is 0 Å². The number of nitrogen functional groups attached to an aromatic ring is 1. The van der Waals surface area contributed by atoms with Gasteiger partial charge in [-0.25, -0.2) is 0 Å². The number of nitrogens with one attached hydrogen (secondary N) is 1. The molecule has 0 fully saturated rings. The molecule has 0 saturated carbocycles. The molecule has 0 radical (unpaired) electrons. The molecule has 3 heteroatoms. The number of hydrogen-bond acceptors (Lipinski definition) is 2. The highest BCUT2D eigenvalue weighted by molar-refractivity contribution is 6.30. The Morgan fingerprint density at radius 2 is 1.82 bits per heavy atom. The normalized spacial score (nSPS) is 10.2. The summed E-state index contributed by atoms with van der Waals surface area (Å²) in [6, 6.07) is 15.7. The first-order valence-electron chi connectivity index (χ1n) is 5.58. The molecule has 0 unspecified atom stereocenters. The molecule has 2 nitrogen and oxygen atoms in total. The minimum absolute atomic E-state index is 0.776. The van der Waals surface area contributed by atoms with Gasteiger partial charge in [0.25, 0.3) is 0 Å². The van der Waals surface area contributed by atoms with Crippen molar-refractivity contribution in [1.82, 2.24) is 0 Å². The largest absolute Gasteiger partial charge is 0.399 e. The molecule has 2 aromatic rings. The van der Waals surface area contributed by atoms with Crippen molar-refractivity contribution in [2.75, 3.05) is 17.6 Å². The van der Waals surface area contributed by atoms with Crippen LogP contribution in [-0.2, 0) is 6.42 Å². The summed E-state index contributed by atoms with van der Waals surface area (Å²) < 4.78 is 0. The van der Waals surface area contributed by atoms with Crippen molar-refractivity contribution < 1.29 is 0 Å². The Morgan fingerprint density at radius 3 is 2.53 bits per heavy atom. The predicted molar refractivity (Wildman–Crippen MR) is 74.5 cm³/mol. The van der Waals surface area contributed by atoms with E-state index in [1.165, 1.54) is 5.56 Å². The van der Waals surface area contributed by atoms with Crippen LogP contribution in [0.25, 0.3) is 0 Å². The maximum Gasteiger partial charge on any atom is 0.0406 e. The fourth-order valence-corrected chi connectivity index (χ4v) is 1.78. The van der Waals surface area contributed by atoms with Gasteiger partial charge in [-0.2, -0.15) is 0 Å². The Morgan fingerprint density at radius 1 is 1.06 bits per heavy atom. The summed E-state index contributed by atoms with van der Waals surface area (Å²) in [4.78, 5) is 0. The molecule has 0 aromatic heterocycles. The summed E-state index contributed by atoms with van der Waals surface area (Å²) in [6.07, 6.45) is 0.964. The quantitative estimate of drug-likeness (QED) is 0.810. The lowest BCUT2D eigenvalue weighted by molar-refractivity contribution is 1.02. The average Bonchev–Trinajstić information content (AvgIpc) is 2.32. The van der Waals surface area contributed by atoms with Crippen LogP contribution in [0.2, 0.25) is 5.02 Å². The summed E-state index contributed by atoms with van der Waals surface area (Å²) in [5.41, 5.74) is 8.81. The van der Waals surface area contributed by atoms with Gasteiger partial charge in [-0.1, -0.05) is 29.8 Å². The van der Waals surface area contributed by atoms with Crippen LogP contribution in [0, 0.1) is 0 Å². The number of benzene rings is 2. The van der Waals surface area contributed by atoms with E-state index >= 15 is 0 Å². The van der Waals surface area contributed by atoms with Gasteiger partial charge in [-0.05, 0) is 42.3 Å². The third-order valence-electron chi connectivity index (χ3n) is 2.54. The van der Waals surface area contributed by atoms with Crippen LogP contribution >= 0.6 is 11.6 Å². The zero-order chi connectivity index (χ0) is 12.1. The summed E-state index contributed by atoms with van der Waals surface area (Å²) in [6.45, 7) is 0.880. The van der Waals surface area contributed by atoms with E-state index in [2.05, 4.69) is 5.32 Å². The van der Waals surface area contributed by atoms with Crippen LogP contribution in [0.15, 0.2) is 48.5 Å². The number of halogens is 1. The molecule has 88 valence electrons. The molecule has 0 spiro atoms. The van der Waals surface area contributed by atoms with Crippen LogP contribution in [-0.4, -0.2) is 6.54 Å². The highest BCUT2D eigenvalue weighted by Crippen LogP contribution is 2.13. The monoisotopic (exact) mass is 246 g/mol. The Kier molecular flexibility index (Phi) is 3.89. The van der Waals surface area contributed by atoms with Gasteiger partial charge in [0.15, 0.2) is 0 Å². The Balaban J connectivity index is 1.85. The first-order valence-corrected chi connectivity index (χ1v) is 5.96. The van der Waals surface area contributed by atoms with Gasteiger partial charge in [-0.15, -0.1) is 0 Å². The molecule has 0 atom stereocenters. The first-order chi connectivity index (χ1) is 8.24. The molecule has 0 saturated heterocycles. The number of hydrogen-bond donors (Lipinski definition) is 2. The average molecular weight is 247 g/mol. The van der Waals surface area contributed by atoms with Gasteiger partial charge in [0.05, 0.1) is 0 Å². The van der Waals surface area contributed by atoms with E-state index in [9.17, 15) is 0 Å². The Labute approximate surface area is 106 Å². The van der Waals surface area contributed by atoms with Crippen molar-refractivity contribution in [2.24, 2.45) is 0 Å². The fraction of sp³-hybridized carbons (Fsp3) is 0.143. The van der Waals surface area contributed by atoms with Crippen LogP contribution in [0.5, 0.6) is 0 Å². The maximum absolute atomic E-state index is 5.83. The number of rotatable bonds is 4. The third-order valence-corrected chi connectivity index (χ3v) is 2.79.